The molecular weight excluding hydrogens is 805 g/mol. The maximum absolute atomic E-state index is 12.8. The summed E-state index contributed by atoms with van der Waals surface area (Å²) in [5.74, 6) is -0.948. The van der Waals surface area contributed by atoms with Gasteiger partial charge in [0.05, 0.1) is 0 Å². The zero-order valence-electron chi connectivity index (χ0n) is 42.2. The average Bonchev–Trinajstić information content (AvgIpc) is 3.30. The molecule has 65 heavy (non-hydrogen) atoms. The zero-order chi connectivity index (χ0) is 47.2. The van der Waals surface area contributed by atoms with E-state index in [1.807, 2.05) is 0 Å². The predicted molar refractivity (Wildman–Crippen MR) is 279 cm³/mol. The molecule has 0 aromatic rings. The van der Waals surface area contributed by atoms with Gasteiger partial charge in [-0.15, -0.1) is 0 Å². The van der Waals surface area contributed by atoms with E-state index in [0.29, 0.717) is 19.3 Å². The van der Waals surface area contributed by atoms with Crippen molar-refractivity contribution < 1.29 is 28.6 Å². The molecule has 0 amide bonds. The highest BCUT2D eigenvalue weighted by atomic mass is 16.6. The van der Waals surface area contributed by atoms with Gasteiger partial charge in [0.1, 0.15) is 13.2 Å². The first-order valence-corrected chi connectivity index (χ1v) is 26.8. The van der Waals surface area contributed by atoms with Crippen LogP contribution >= 0.6 is 0 Å². The van der Waals surface area contributed by atoms with Crippen LogP contribution in [0.2, 0.25) is 0 Å². The number of rotatable bonds is 47. The molecule has 0 fully saturated rings. The van der Waals surface area contributed by atoms with E-state index < -0.39 is 6.10 Å². The van der Waals surface area contributed by atoms with Gasteiger partial charge >= 0.3 is 17.9 Å². The third-order valence-corrected chi connectivity index (χ3v) is 11.1. The van der Waals surface area contributed by atoms with Crippen LogP contribution in [0.1, 0.15) is 239 Å². The fourth-order valence-corrected chi connectivity index (χ4v) is 7.11. The molecule has 1 unspecified atom stereocenters. The van der Waals surface area contributed by atoms with Crippen molar-refractivity contribution in [2.45, 2.75) is 245 Å². The van der Waals surface area contributed by atoms with Crippen LogP contribution in [0.3, 0.4) is 0 Å². The summed E-state index contributed by atoms with van der Waals surface area (Å²) >= 11 is 0. The molecule has 370 valence electrons. The van der Waals surface area contributed by atoms with Crippen LogP contribution in [-0.4, -0.2) is 37.2 Å². The van der Waals surface area contributed by atoms with Crippen LogP contribution in [0.5, 0.6) is 0 Å². The summed E-state index contributed by atoms with van der Waals surface area (Å²) in [6, 6.07) is 0. The second-order valence-corrected chi connectivity index (χ2v) is 17.5. The minimum absolute atomic E-state index is 0.0997. The Bertz CT molecular complexity index is 1310. The molecule has 0 spiro atoms. The van der Waals surface area contributed by atoms with Gasteiger partial charge < -0.3 is 14.2 Å². The summed E-state index contributed by atoms with van der Waals surface area (Å²) in [5, 5.41) is 0. The first kappa shape index (κ1) is 61.3. The van der Waals surface area contributed by atoms with Crippen LogP contribution in [0, 0.1) is 0 Å². The van der Waals surface area contributed by atoms with E-state index in [2.05, 4.69) is 118 Å². The molecule has 0 heterocycles. The minimum atomic E-state index is -0.800. The lowest BCUT2D eigenvalue weighted by atomic mass is 10.1. The Morgan fingerprint density at radius 1 is 0.338 bits per heavy atom. The van der Waals surface area contributed by atoms with Crippen molar-refractivity contribution in [3.63, 3.8) is 0 Å². The zero-order valence-corrected chi connectivity index (χ0v) is 42.2. The summed E-state index contributed by atoms with van der Waals surface area (Å²) in [4.78, 5) is 38.0. The van der Waals surface area contributed by atoms with Crippen molar-refractivity contribution in [1.82, 2.24) is 0 Å². The molecule has 0 aliphatic rings. The number of unbranched alkanes of at least 4 members (excludes halogenated alkanes) is 23. The van der Waals surface area contributed by atoms with Gasteiger partial charge in [-0.05, 0) is 103 Å². The van der Waals surface area contributed by atoms with E-state index in [0.717, 1.165) is 116 Å². The molecule has 0 rings (SSSR count). The van der Waals surface area contributed by atoms with E-state index in [1.165, 1.54) is 83.5 Å². The SMILES string of the molecule is CC/C=C\C/C=C\C/C=C\CCCCCCC(=O)OCC(COC(=O)CCCCCCC\C=C/C=C\C=C/C=C\CCCCC)OC(=O)CCCCCCCCC/C=C\CCCCCC. The second kappa shape index (κ2) is 52.9. The Labute approximate surface area is 400 Å². The van der Waals surface area contributed by atoms with Gasteiger partial charge in [0, 0.05) is 19.3 Å². The molecule has 0 aliphatic carbocycles. The second-order valence-electron chi connectivity index (χ2n) is 17.5. The quantitative estimate of drug-likeness (QED) is 0.0199. The highest BCUT2D eigenvalue weighted by Gasteiger charge is 2.19. The van der Waals surface area contributed by atoms with Crippen LogP contribution in [0.4, 0.5) is 0 Å². The van der Waals surface area contributed by atoms with Gasteiger partial charge in [0.15, 0.2) is 6.10 Å². The highest BCUT2D eigenvalue weighted by Crippen LogP contribution is 2.14. The van der Waals surface area contributed by atoms with Crippen LogP contribution in [-0.2, 0) is 28.6 Å². The third-order valence-electron chi connectivity index (χ3n) is 11.1. The minimum Gasteiger partial charge on any atom is -0.462 e. The maximum atomic E-state index is 12.8. The lowest BCUT2D eigenvalue weighted by Crippen LogP contribution is -2.30. The molecule has 6 nitrogen and oxygen atoms in total. The highest BCUT2D eigenvalue weighted by molar-refractivity contribution is 5.71. The molecular formula is C59H98O6. The fraction of sp³-hybridized carbons (Fsp3) is 0.678. The maximum Gasteiger partial charge on any atom is 0.306 e. The first-order chi connectivity index (χ1) is 32.0. The Hall–Kier alpha value is -3.67. The third kappa shape index (κ3) is 51.2. The number of carbonyl (C=O) groups excluding carboxylic acids is 3. The fourth-order valence-electron chi connectivity index (χ4n) is 7.11. The van der Waals surface area contributed by atoms with Crippen molar-refractivity contribution in [2.24, 2.45) is 0 Å². The molecule has 6 heteroatoms. The molecule has 0 bridgehead atoms. The lowest BCUT2D eigenvalue weighted by Gasteiger charge is -2.18. The molecule has 0 aromatic heterocycles. The number of allylic oxidation sites excluding steroid dienone is 16. The largest absolute Gasteiger partial charge is 0.462 e. The van der Waals surface area contributed by atoms with Gasteiger partial charge in [0.2, 0.25) is 0 Å². The van der Waals surface area contributed by atoms with Crippen LogP contribution in [0.15, 0.2) is 97.2 Å². The van der Waals surface area contributed by atoms with Crippen molar-refractivity contribution in [3.05, 3.63) is 97.2 Å². The normalized spacial score (nSPS) is 12.8. The van der Waals surface area contributed by atoms with E-state index in [1.54, 1.807) is 0 Å². The molecule has 0 aromatic carbocycles. The molecule has 0 aliphatic heterocycles. The van der Waals surface area contributed by atoms with Gasteiger partial charge in [-0.2, -0.15) is 0 Å². The van der Waals surface area contributed by atoms with Crippen LogP contribution in [0.25, 0.3) is 0 Å². The summed E-state index contributed by atoms with van der Waals surface area (Å²) in [6.07, 6.45) is 69.5. The van der Waals surface area contributed by atoms with Crippen LogP contribution < -0.4 is 0 Å². The molecule has 0 N–H and O–H groups in total. The van der Waals surface area contributed by atoms with Crippen molar-refractivity contribution in [3.8, 4) is 0 Å². The van der Waals surface area contributed by atoms with Crippen molar-refractivity contribution >= 4 is 17.9 Å². The number of hydrogen-bond donors (Lipinski definition) is 0. The van der Waals surface area contributed by atoms with Gasteiger partial charge in [0.25, 0.3) is 0 Å². The number of carbonyl (C=O) groups is 3. The molecule has 0 saturated carbocycles. The van der Waals surface area contributed by atoms with Gasteiger partial charge in [-0.25, -0.2) is 0 Å². The Kier molecular flexibility index (Phi) is 50.0. The monoisotopic (exact) mass is 903 g/mol. The van der Waals surface area contributed by atoms with Gasteiger partial charge in [-0.1, -0.05) is 214 Å². The molecule has 0 saturated heterocycles. The standard InChI is InChI=1S/C59H98O6/c1-4-7-10-13-16-19-22-25-28-29-30-32-34-37-40-43-46-49-52-58(61)64-55-56(54-63-57(60)51-48-45-42-39-36-33-27-24-21-18-15-12-9-6-3)65-59(62)53-50-47-44-41-38-35-31-26-23-20-17-14-11-8-5-2/h9,12,16,18-23,25,27-30,32-33,56H,4-8,10-11,13-15,17,24,26,31,34-55H2,1-3H3/b12-9-,19-16-,21-18-,23-20-,25-22-,29-28-,32-30-,33-27-. The Morgan fingerprint density at radius 2 is 0.662 bits per heavy atom. The lowest BCUT2D eigenvalue weighted by molar-refractivity contribution is -0.167. The van der Waals surface area contributed by atoms with Gasteiger partial charge in [-0.3, -0.25) is 14.4 Å². The van der Waals surface area contributed by atoms with E-state index >= 15 is 0 Å². The van der Waals surface area contributed by atoms with E-state index in [4.69, 9.17) is 14.2 Å². The summed E-state index contributed by atoms with van der Waals surface area (Å²) < 4.78 is 16.8. The van der Waals surface area contributed by atoms with Crippen molar-refractivity contribution in [2.75, 3.05) is 13.2 Å². The molecule has 0 radical (unpaired) electrons. The topological polar surface area (TPSA) is 78.9 Å². The summed E-state index contributed by atoms with van der Waals surface area (Å²) in [7, 11) is 0. The number of esters is 3. The first-order valence-electron chi connectivity index (χ1n) is 26.8. The van der Waals surface area contributed by atoms with E-state index in [-0.39, 0.29) is 31.1 Å². The summed E-state index contributed by atoms with van der Waals surface area (Å²) in [6.45, 7) is 6.43. The smallest absolute Gasteiger partial charge is 0.306 e. The average molecular weight is 903 g/mol. The Balaban J connectivity index is 4.48. The van der Waals surface area contributed by atoms with E-state index in [9.17, 15) is 14.4 Å². The number of ether oxygens (including phenoxy) is 3. The van der Waals surface area contributed by atoms with Crippen molar-refractivity contribution in [1.29, 1.82) is 0 Å². The Morgan fingerprint density at radius 3 is 1.12 bits per heavy atom. The molecule has 1 atom stereocenters. The summed E-state index contributed by atoms with van der Waals surface area (Å²) in [5.41, 5.74) is 0. The number of hydrogen-bond acceptors (Lipinski definition) is 6. The predicted octanol–water partition coefficient (Wildman–Crippen LogP) is 17.8.